The van der Waals surface area contributed by atoms with Gasteiger partial charge in [-0.3, -0.25) is 19.7 Å². The van der Waals surface area contributed by atoms with Crippen molar-refractivity contribution in [3.05, 3.63) is 64.2 Å². The summed E-state index contributed by atoms with van der Waals surface area (Å²) in [6.45, 7) is 3.02. The molecule has 0 fully saturated rings. The van der Waals surface area contributed by atoms with E-state index in [4.69, 9.17) is 4.74 Å². The molecule has 0 aromatic heterocycles. The number of hydrogen-bond acceptors (Lipinski definition) is 5. The van der Waals surface area contributed by atoms with Gasteiger partial charge >= 0.3 is 0 Å². The van der Waals surface area contributed by atoms with Gasteiger partial charge in [0.1, 0.15) is 5.75 Å². The summed E-state index contributed by atoms with van der Waals surface area (Å²) in [6, 6.07) is 12.1. The minimum absolute atomic E-state index is 0.0574. The van der Waals surface area contributed by atoms with Crippen molar-refractivity contribution in [3.63, 3.8) is 0 Å². The third-order valence-electron chi connectivity index (χ3n) is 3.27. The van der Waals surface area contributed by atoms with Gasteiger partial charge in [0.2, 0.25) is 0 Å². The Bertz CT molecular complexity index is 771. The van der Waals surface area contributed by atoms with Gasteiger partial charge in [0.25, 0.3) is 11.6 Å². The summed E-state index contributed by atoms with van der Waals surface area (Å²) in [4.78, 5) is 33.5. The number of nitrogens with zero attached hydrogens (tertiary/aromatic N) is 1. The summed E-state index contributed by atoms with van der Waals surface area (Å²) < 4.78 is 5.50. The van der Waals surface area contributed by atoms with Gasteiger partial charge in [0.15, 0.2) is 11.9 Å². The highest BCUT2D eigenvalue weighted by molar-refractivity contribution is 5.95. The van der Waals surface area contributed by atoms with Crippen molar-refractivity contribution in [2.75, 3.05) is 5.32 Å². The average molecular weight is 328 g/mol. The predicted molar refractivity (Wildman–Crippen MR) is 88.3 cm³/mol. The number of ketones is 1. The lowest BCUT2D eigenvalue weighted by Crippen LogP contribution is -2.30. The number of amides is 1. The third kappa shape index (κ3) is 4.39. The van der Waals surface area contributed by atoms with Gasteiger partial charge in [-0.15, -0.1) is 0 Å². The van der Waals surface area contributed by atoms with Crippen LogP contribution >= 0.6 is 0 Å². The van der Waals surface area contributed by atoms with Crippen molar-refractivity contribution >= 4 is 23.1 Å². The molecule has 0 bridgehead atoms. The third-order valence-corrected chi connectivity index (χ3v) is 3.27. The van der Waals surface area contributed by atoms with Gasteiger partial charge in [0.05, 0.1) is 4.92 Å². The molecule has 0 heterocycles. The van der Waals surface area contributed by atoms with E-state index in [9.17, 15) is 19.7 Å². The Morgan fingerprint density at radius 3 is 2.42 bits per heavy atom. The molecular weight excluding hydrogens is 312 g/mol. The molecule has 1 N–H and O–H groups in total. The molecule has 0 aliphatic heterocycles. The number of carbonyl (C=O) groups is 2. The number of hydrogen-bond donors (Lipinski definition) is 1. The van der Waals surface area contributed by atoms with E-state index in [2.05, 4.69) is 5.32 Å². The van der Waals surface area contributed by atoms with E-state index in [0.29, 0.717) is 17.0 Å². The SMILES string of the molecule is CC(=O)c1ccc(OC(C)C(=O)Nc2cccc([N+](=O)[O-])c2)cc1. The maximum atomic E-state index is 12.1. The molecule has 0 radical (unpaired) electrons. The summed E-state index contributed by atoms with van der Waals surface area (Å²) in [5.41, 5.74) is 0.758. The maximum absolute atomic E-state index is 12.1. The van der Waals surface area contributed by atoms with Gasteiger partial charge in [-0.05, 0) is 44.2 Å². The molecule has 2 rings (SSSR count). The zero-order valence-corrected chi connectivity index (χ0v) is 13.2. The molecule has 2 aromatic rings. The van der Waals surface area contributed by atoms with Crippen LogP contribution in [0.1, 0.15) is 24.2 Å². The molecule has 7 nitrogen and oxygen atoms in total. The number of nitro groups is 1. The molecule has 0 saturated carbocycles. The van der Waals surface area contributed by atoms with Crippen LogP contribution in [0.15, 0.2) is 48.5 Å². The van der Waals surface area contributed by atoms with E-state index in [1.807, 2.05) is 0 Å². The molecule has 7 heteroatoms. The van der Waals surface area contributed by atoms with Crippen LogP contribution in [0.4, 0.5) is 11.4 Å². The van der Waals surface area contributed by atoms with E-state index in [1.165, 1.54) is 25.1 Å². The second kappa shape index (κ2) is 7.36. The Balaban J connectivity index is 2.00. The van der Waals surface area contributed by atoms with Gasteiger partial charge in [-0.25, -0.2) is 0 Å². The Hall–Kier alpha value is -3.22. The molecule has 0 spiro atoms. The zero-order valence-electron chi connectivity index (χ0n) is 13.2. The maximum Gasteiger partial charge on any atom is 0.271 e. The molecule has 0 saturated heterocycles. The number of ether oxygens (including phenoxy) is 1. The van der Waals surface area contributed by atoms with E-state index >= 15 is 0 Å². The van der Waals surface area contributed by atoms with Gasteiger partial charge in [0, 0.05) is 23.4 Å². The highest BCUT2D eigenvalue weighted by atomic mass is 16.6. The number of nitro benzene ring substituents is 1. The topological polar surface area (TPSA) is 98.5 Å². The molecule has 124 valence electrons. The van der Waals surface area contributed by atoms with Crippen LogP contribution in [0.3, 0.4) is 0 Å². The van der Waals surface area contributed by atoms with E-state index in [-0.39, 0.29) is 11.5 Å². The molecular formula is C17H16N2O5. The molecule has 0 aliphatic rings. The summed E-state index contributed by atoms with van der Waals surface area (Å²) in [5.74, 6) is -0.0501. The summed E-state index contributed by atoms with van der Waals surface area (Å²) >= 11 is 0. The lowest BCUT2D eigenvalue weighted by molar-refractivity contribution is -0.384. The zero-order chi connectivity index (χ0) is 17.7. The van der Waals surface area contributed by atoms with E-state index < -0.39 is 16.9 Å². The first kappa shape index (κ1) is 17.1. The van der Waals surface area contributed by atoms with Crippen molar-refractivity contribution in [1.82, 2.24) is 0 Å². The predicted octanol–water partition coefficient (Wildman–Crippen LogP) is 3.20. The average Bonchev–Trinajstić information content (AvgIpc) is 2.55. The van der Waals surface area contributed by atoms with Crippen LogP contribution in [-0.4, -0.2) is 22.7 Å². The van der Waals surface area contributed by atoms with Crippen LogP contribution in [0.2, 0.25) is 0 Å². The van der Waals surface area contributed by atoms with Crippen LogP contribution in [-0.2, 0) is 4.79 Å². The number of anilines is 1. The summed E-state index contributed by atoms with van der Waals surface area (Å²) in [5, 5.41) is 13.3. The molecule has 1 unspecified atom stereocenters. The monoisotopic (exact) mass is 328 g/mol. The smallest absolute Gasteiger partial charge is 0.271 e. The van der Waals surface area contributed by atoms with Crippen molar-refractivity contribution in [2.45, 2.75) is 20.0 Å². The van der Waals surface area contributed by atoms with Crippen molar-refractivity contribution in [1.29, 1.82) is 0 Å². The molecule has 2 aromatic carbocycles. The fourth-order valence-electron chi connectivity index (χ4n) is 1.97. The molecule has 1 amide bonds. The van der Waals surface area contributed by atoms with E-state index in [1.54, 1.807) is 37.3 Å². The quantitative estimate of drug-likeness (QED) is 0.499. The van der Waals surface area contributed by atoms with Gasteiger partial charge < -0.3 is 10.1 Å². The first-order valence-electron chi connectivity index (χ1n) is 7.20. The lowest BCUT2D eigenvalue weighted by atomic mass is 10.1. The van der Waals surface area contributed by atoms with Crippen LogP contribution in [0, 0.1) is 10.1 Å². The highest BCUT2D eigenvalue weighted by Crippen LogP contribution is 2.18. The Kier molecular flexibility index (Phi) is 5.26. The minimum atomic E-state index is -0.813. The minimum Gasteiger partial charge on any atom is -0.481 e. The Morgan fingerprint density at radius 1 is 1.17 bits per heavy atom. The van der Waals surface area contributed by atoms with Crippen molar-refractivity contribution < 1.29 is 19.2 Å². The number of Topliss-reactive ketones (excluding diaryl/α,β-unsaturated/α-hetero) is 1. The fourth-order valence-corrected chi connectivity index (χ4v) is 1.97. The lowest BCUT2D eigenvalue weighted by Gasteiger charge is -2.15. The second-order valence-corrected chi connectivity index (χ2v) is 5.14. The molecule has 24 heavy (non-hydrogen) atoms. The number of non-ortho nitro benzene ring substituents is 1. The van der Waals surface area contributed by atoms with Crippen LogP contribution < -0.4 is 10.1 Å². The summed E-state index contributed by atoms with van der Waals surface area (Å²) in [6.07, 6.45) is -0.813. The number of rotatable bonds is 6. The van der Waals surface area contributed by atoms with E-state index in [0.717, 1.165) is 0 Å². The fraction of sp³-hybridized carbons (Fsp3) is 0.176. The normalized spacial score (nSPS) is 11.4. The van der Waals surface area contributed by atoms with Crippen molar-refractivity contribution in [2.24, 2.45) is 0 Å². The standard InChI is InChI=1S/C17H16N2O5/c1-11(20)13-6-8-16(9-7-13)24-12(2)17(21)18-14-4-3-5-15(10-14)19(22)23/h3-10,12H,1-2H3,(H,18,21). The Labute approximate surface area is 138 Å². The number of nitrogens with one attached hydrogen (secondary N) is 1. The second-order valence-electron chi connectivity index (χ2n) is 5.14. The summed E-state index contributed by atoms with van der Waals surface area (Å²) in [7, 11) is 0. The van der Waals surface area contributed by atoms with Crippen LogP contribution in [0.25, 0.3) is 0 Å². The Morgan fingerprint density at radius 2 is 1.83 bits per heavy atom. The first-order valence-corrected chi connectivity index (χ1v) is 7.20. The van der Waals surface area contributed by atoms with Gasteiger partial charge in [-0.1, -0.05) is 6.07 Å². The number of carbonyl (C=O) groups excluding carboxylic acids is 2. The highest BCUT2D eigenvalue weighted by Gasteiger charge is 2.16. The largest absolute Gasteiger partial charge is 0.481 e. The molecule has 1 atom stereocenters. The molecule has 0 aliphatic carbocycles. The van der Waals surface area contributed by atoms with Gasteiger partial charge in [-0.2, -0.15) is 0 Å². The first-order chi connectivity index (χ1) is 11.4. The van der Waals surface area contributed by atoms with Crippen molar-refractivity contribution in [3.8, 4) is 5.75 Å². The van der Waals surface area contributed by atoms with Crippen LogP contribution in [0.5, 0.6) is 5.75 Å². The number of benzene rings is 2.